The summed E-state index contributed by atoms with van der Waals surface area (Å²) in [5.74, 6) is 0.580. The molecule has 0 aliphatic heterocycles. The average molecular weight is 204 g/mol. The molecular formula is C11H12N2S. The van der Waals surface area contributed by atoms with Gasteiger partial charge >= 0.3 is 0 Å². The molecule has 2 heterocycles. The van der Waals surface area contributed by atoms with Gasteiger partial charge in [-0.25, -0.2) is 4.98 Å². The highest BCUT2D eigenvalue weighted by Crippen LogP contribution is 2.18. The summed E-state index contributed by atoms with van der Waals surface area (Å²) in [5, 5.41) is 0. The summed E-state index contributed by atoms with van der Waals surface area (Å²) in [6.07, 6.45) is 2.79. The van der Waals surface area contributed by atoms with Gasteiger partial charge in [0.2, 0.25) is 0 Å². The van der Waals surface area contributed by atoms with Crippen LogP contribution in [0.2, 0.25) is 0 Å². The van der Waals surface area contributed by atoms with E-state index in [4.69, 9.17) is 5.73 Å². The number of hydrogen-bond donors (Lipinski definition) is 1. The van der Waals surface area contributed by atoms with Crippen LogP contribution in [0.15, 0.2) is 30.5 Å². The van der Waals surface area contributed by atoms with Gasteiger partial charge in [-0.1, -0.05) is 6.07 Å². The molecule has 72 valence electrons. The number of pyridine rings is 1. The highest BCUT2D eigenvalue weighted by molar-refractivity contribution is 7.11. The Morgan fingerprint density at radius 3 is 2.71 bits per heavy atom. The third-order valence-electron chi connectivity index (χ3n) is 2.02. The zero-order valence-corrected chi connectivity index (χ0v) is 8.84. The fraction of sp³-hybridized carbons (Fsp3) is 0.182. The van der Waals surface area contributed by atoms with Crippen molar-refractivity contribution in [2.75, 3.05) is 5.73 Å². The lowest BCUT2D eigenvalue weighted by atomic mass is 10.2. The van der Waals surface area contributed by atoms with Crippen LogP contribution in [0.1, 0.15) is 15.3 Å². The largest absolute Gasteiger partial charge is 0.384 e. The molecule has 0 saturated carbocycles. The van der Waals surface area contributed by atoms with Gasteiger partial charge in [-0.05, 0) is 30.7 Å². The van der Waals surface area contributed by atoms with Crippen LogP contribution in [0.3, 0.4) is 0 Å². The molecule has 2 nitrogen and oxygen atoms in total. The van der Waals surface area contributed by atoms with Gasteiger partial charge in [0.25, 0.3) is 0 Å². The summed E-state index contributed by atoms with van der Waals surface area (Å²) in [4.78, 5) is 6.78. The van der Waals surface area contributed by atoms with Gasteiger partial charge in [0.1, 0.15) is 5.82 Å². The van der Waals surface area contributed by atoms with Crippen LogP contribution >= 0.6 is 11.3 Å². The van der Waals surface area contributed by atoms with Crippen LogP contribution in [0.5, 0.6) is 0 Å². The molecule has 0 bridgehead atoms. The van der Waals surface area contributed by atoms with Gasteiger partial charge in [0, 0.05) is 22.4 Å². The maximum absolute atomic E-state index is 5.52. The molecule has 0 aromatic carbocycles. The van der Waals surface area contributed by atoms with Crippen LogP contribution in [0.25, 0.3) is 0 Å². The van der Waals surface area contributed by atoms with Crippen LogP contribution < -0.4 is 5.73 Å². The first-order chi connectivity index (χ1) is 6.74. The number of anilines is 1. The first-order valence-electron chi connectivity index (χ1n) is 4.50. The van der Waals surface area contributed by atoms with Gasteiger partial charge in [-0.3, -0.25) is 0 Å². The van der Waals surface area contributed by atoms with Crippen molar-refractivity contribution >= 4 is 17.2 Å². The van der Waals surface area contributed by atoms with Crippen molar-refractivity contribution in [3.05, 3.63) is 45.8 Å². The second kappa shape index (κ2) is 3.80. The van der Waals surface area contributed by atoms with E-state index in [1.807, 2.05) is 29.7 Å². The van der Waals surface area contributed by atoms with E-state index in [2.05, 4.69) is 24.0 Å². The van der Waals surface area contributed by atoms with Crippen molar-refractivity contribution in [1.29, 1.82) is 0 Å². The maximum Gasteiger partial charge on any atom is 0.123 e. The van der Waals surface area contributed by atoms with Crippen molar-refractivity contribution < 1.29 is 0 Å². The standard InChI is InChI=1S/C11H12N2S/c1-8-2-4-10(14-8)6-9-3-5-11(12)13-7-9/h2-5,7H,6H2,1H3,(H2,12,13). The minimum absolute atomic E-state index is 0.580. The molecule has 0 saturated heterocycles. The zero-order chi connectivity index (χ0) is 9.97. The number of aromatic nitrogens is 1. The van der Waals surface area contributed by atoms with E-state index in [1.165, 1.54) is 15.3 Å². The molecule has 2 N–H and O–H groups in total. The van der Waals surface area contributed by atoms with E-state index < -0.39 is 0 Å². The quantitative estimate of drug-likeness (QED) is 0.816. The lowest BCUT2D eigenvalue weighted by Crippen LogP contribution is -1.91. The average Bonchev–Trinajstić information content (AvgIpc) is 2.56. The van der Waals surface area contributed by atoms with Gasteiger partial charge in [0.05, 0.1) is 0 Å². The zero-order valence-electron chi connectivity index (χ0n) is 8.03. The Balaban J connectivity index is 2.15. The maximum atomic E-state index is 5.52. The monoisotopic (exact) mass is 204 g/mol. The number of hydrogen-bond acceptors (Lipinski definition) is 3. The van der Waals surface area contributed by atoms with Crippen molar-refractivity contribution in [1.82, 2.24) is 4.98 Å². The first-order valence-corrected chi connectivity index (χ1v) is 5.31. The van der Waals surface area contributed by atoms with Crippen molar-refractivity contribution in [3.63, 3.8) is 0 Å². The highest BCUT2D eigenvalue weighted by Gasteiger charge is 1.99. The van der Waals surface area contributed by atoms with Crippen molar-refractivity contribution in [2.24, 2.45) is 0 Å². The van der Waals surface area contributed by atoms with Crippen LogP contribution in [-0.2, 0) is 6.42 Å². The molecule has 2 aromatic rings. The highest BCUT2D eigenvalue weighted by atomic mass is 32.1. The molecule has 2 aromatic heterocycles. The van der Waals surface area contributed by atoms with Gasteiger partial charge < -0.3 is 5.73 Å². The van der Waals surface area contributed by atoms with E-state index in [0.29, 0.717) is 5.82 Å². The first kappa shape index (κ1) is 9.21. The van der Waals surface area contributed by atoms with E-state index >= 15 is 0 Å². The number of rotatable bonds is 2. The Labute approximate surface area is 87.4 Å². The molecule has 14 heavy (non-hydrogen) atoms. The van der Waals surface area contributed by atoms with Crippen molar-refractivity contribution in [3.8, 4) is 0 Å². The Kier molecular flexibility index (Phi) is 2.50. The summed E-state index contributed by atoms with van der Waals surface area (Å²) in [5.41, 5.74) is 6.72. The minimum atomic E-state index is 0.580. The molecule has 0 spiro atoms. The number of thiophene rings is 1. The fourth-order valence-corrected chi connectivity index (χ4v) is 2.25. The molecule has 2 rings (SSSR count). The Morgan fingerprint density at radius 1 is 1.29 bits per heavy atom. The van der Waals surface area contributed by atoms with Crippen LogP contribution in [0, 0.1) is 6.92 Å². The number of aryl methyl sites for hydroxylation is 1. The summed E-state index contributed by atoms with van der Waals surface area (Å²) < 4.78 is 0. The number of nitrogens with two attached hydrogens (primary N) is 1. The SMILES string of the molecule is Cc1ccc(Cc2ccc(N)nc2)s1. The topological polar surface area (TPSA) is 38.9 Å². The van der Waals surface area contributed by atoms with E-state index in [0.717, 1.165) is 6.42 Å². The van der Waals surface area contributed by atoms with Gasteiger partial charge in [-0.2, -0.15) is 0 Å². The molecule has 0 aliphatic rings. The molecule has 0 radical (unpaired) electrons. The smallest absolute Gasteiger partial charge is 0.123 e. The van der Waals surface area contributed by atoms with Gasteiger partial charge in [0.15, 0.2) is 0 Å². The Hall–Kier alpha value is -1.35. The second-order valence-corrected chi connectivity index (χ2v) is 4.65. The summed E-state index contributed by atoms with van der Waals surface area (Å²) in [6.45, 7) is 2.12. The van der Waals surface area contributed by atoms with Crippen molar-refractivity contribution in [2.45, 2.75) is 13.3 Å². The fourth-order valence-electron chi connectivity index (χ4n) is 1.32. The molecule has 3 heteroatoms. The second-order valence-electron chi connectivity index (χ2n) is 3.28. The Morgan fingerprint density at radius 2 is 2.14 bits per heavy atom. The predicted molar refractivity (Wildman–Crippen MR) is 60.5 cm³/mol. The molecule has 0 aliphatic carbocycles. The predicted octanol–water partition coefficient (Wildman–Crippen LogP) is 2.62. The van der Waals surface area contributed by atoms with E-state index in [-0.39, 0.29) is 0 Å². The van der Waals surface area contributed by atoms with Crippen LogP contribution in [-0.4, -0.2) is 4.98 Å². The molecule has 0 fully saturated rings. The Bertz CT molecular complexity index is 417. The third kappa shape index (κ3) is 2.12. The summed E-state index contributed by atoms with van der Waals surface area (Å²) in [7, 11) is 0. The van der Waals surface area contributed by atoms with E-state index in [9.17, 15) is 0 Å². The normalized spacial score (nSPS) is 10.4. The lowest BCUT2D eigenvalue weighted by molar-refractivity contribution is 1.18. The molecule has 0 unspecified atom stereocenters. The molecule has 0 amide bonds. The summed E-state index contributed by atoms with van der Waals surface area (Å²) in [6, 6.07) is 8.17. The lowest BCUT2D eigenvalue weighted by Gasteiger charge is -1.98. The van der Waals surface area contributed by atoms with Gasteiger partial charge in [-0.15, -0.1) is 11.3 Å². The third-order valence-corrected chi connectivity index (χ3v) is 3.02. The number of nitrogen functional groups attached to an aromatic ring is 1. The molecular weight excluding hydrogens is 192 g/mol. The minimum Gasteiger partial charge on any atom is -0.384 e. The molecule has 0 atom stereocenters. The summed E-state index contributed by atoms with van der Waals surface area (Å²) >= 11 is 1.83. The number of nitrogens with zero attached hydrogens (tertiary/aromatic N) is 1. The van der Waals surface area contributed by atoms with E-state index in [1.54, 1.807) is 0 Å². The van der Waals surface area contributed by atoms with Crippen LogP contribution in [0.4, 0.5) is 5.82 Å².